The van der Waals surface area contributed by atoms with Crippen LogP contribution in [0.2, 0.25) is 0 Å². The molecule has 1 aliphatic carbocycles. The lowest BCUT2D eigenvalue weighted by Crippen LogP contribution is -2.38. The quantitative estimate of drug-likeness (QED) is 0.632. The van der Waals surface area contributed by atoms with Gasteiger partial charge in [-0.2, -0.15) is 8.78 Å². The van der Waals surface area contributed by atoms with Crippen LogP contribution in [0, 0.1) is 17.8 Å². The molecular formula is C17H28F2O2. The highest BCUT2D eigenvalue weighted by molar-refractivity contribution is 4.91. The second-order valence-electron chi connectivity index (χ2n) is 6.53. The first-order chi connectivity index (χ1) is 10.2. The van der Waals surface area contributed by atoms with Gasteiger partial charge in [0.1, 0.15) is 0 Å². The van der Waals surface area contributed by atoms with Gasteiger partial charge in [-0.25, -0.2) is 0 Å². The molecule has 2 aliphatic rings. The molecule has 0 N–H and O–H groups in total. The molecule has 1 heterocycles. The Labute approximate surface area is 126 Å². The van der Waals surface area contributed by atoms with E-state index in [0.717, 1.165) is 45.0 Å². The third-order valence-electron chi connectivity index (χ3n) is 4.77. The Hall–Kier alpha value is -0.480. The molecule has 2 nitrogen and oxygen atoms in total. The van der Waals surface area contributed by atoms with Gasteiger partial charge in [0.2, 0.25) is 0 Å². The summed E-state index contributed by atoms with van der Waals surface area (Å²) in [5.74, 6) is 0.957. The topological polar surface area (TPSA) is 18.5 Å². The Morgan fingerprint density at radius 2 is 1.71 bits per heavy atom. The van der Waals surface area contributed by atoms with Gasteiger partial charge in [0.25, 0.3) is 6.08 Å². The molecule has 1 saturated carbocycles. The molecule has 0 aromatic carbocycles. The highest BCUT2D eigenvalue weighted by Gasteiger charge is 2.32. The van der Waals surface area contributed by atoms with Crippen molar-refractivity contribution >= 4 is 0 Å². The third kappa shape index (κ3) is 5.67. The van der Waals surface area contributed by atoms with Gasteiger partial charge in [0, 0.05) is 11.8 Å². The molecule has 0 radical (unpaired) electrons. The van der Waals surface area contributed by atoms with Gasteiger partial charge in [-0.3, -0.25) is 0 Å². The number of hydrogen-bond donors (Lipinski definition) is 0. The van der Waals surface area contributed by atoms with E-state index >= 15 is 0 Å². The molecule has 1 saturated heterocycles. The monoisotopic (exact) mass is 302 g/mol. The van der Waals surface area contributed by atoms with Crippen LogP contribution in [0.3, 0.4) is 0 Å². The summed E-state index contributed by atoms with van der Waals surface area (Å²) in [6, 6.07) is 0. The van der Waals surface area contributed by atoms with Crippen molar-refractivity contribution in [3.63, 3.8) is 0 Å². The van der Waals surface area contributed by atoms with Crippen LogP contribution < -0.4 is 0 Å². The van der Waals surface area contributed by atoms with Gasteiger partial charge in [-0.1, -0.05) is 26.2 Å². The lowest BCUT2D eigenvalue weighted by atomic mass is 9.81. The molecule has 0 unspecified atom stereocenters. The highest BCUT2D eigenvalue weighted by atomic mass is 19.3. The summed E-state index contributed by atoms with van der Waals surface area (Å²) >= 11 is 0. The van der Waals surface area contributed by atoms with Crippen LogP contribution in [-0.2, 0) is 9.47 Å². The minimum atomic E-state index is -1.54. The molecule has 1 aliphatic heterocycles. The minimum absolute atomic E-state index is 0.0385. The summed E-state index contributed by atoms with van der Waals surface area (Å²) in [6.07, 6.45) is 7.94. The van der Waals surface area contributed by atoms with Crippen molar-refractivity contribution in [2.24, 2.45) is 17.8 Å². The molecule has 2 rings (SSSR count). The summed E-state index contributed by atoms with van der Waals surface area (Å²) < 4.78 is 36.3. The van der Waals surface area contributed by atoms with E-state index in [1.54, 1.807) is 0 Å². The maximum atomic E-state index is 12.3. The summed E-state index contributed by atoms with van der Waals surface area (Å²) in [4.78, 5) is 0. The Kier molecular flexibility index (Phi) is 7.11. The van der Waals surface area contributed by atoms with Crippen molar-refractivity contribution in [1.82, 2.24) is 0 Å². The Bertz CT molecular complexity index is 313. The van der Waals surface area contributed by atoms with Crippen molar-refractivity contribution in [3.05, 3.63) is 12.2 Å². The van der Waals surface area contributed by atoms with Gasteiger partial charge in [-0.05, 0) is 44.1 Å². The molecule has 0 amide bonds. The zero-order chi connectivity index (χ0) is 15.1. The van der Waals surface area contributed by atoms with E-state index in [1.165, 1.54) is 25.7 Å². The Balaban J connectivity index is 1.66. The first-order valence-electron chi connectivity index (χ1n) is 8.45. The first-order valence-corrected chi connectivity index (χ1v) is 8.45. The van der Waals surface area contributed by atoms with Gasteiger partial charge in [-0.15, -0.1) is 0 Å². The van der Waals surface area contributed by atoms with Crippen molar-refractivity contribution in [1.29, 1.82) is 0 Å². The Morgan fingerprint density at radius 3 is 2.29 bits per heavy atom. The lowest BCUT2D eigenvalue weighted by Gasteiger charge is -2.37. The second kappa shape index (κ2) is 8.84. The lowest BCUT2D eigenvalue weighted by molar-refractivity contribution is -0.229. The van der Waals surface area contributed by atoms with E-state index in [9.17, 15) is 8.78 Å². The fraction of sp³-hybridized carbons (Fsp3) is 0.882. The predicted molar refractivity (Wildman–Crippen MR) is 79.1 cm³/mol. The second-order valence-corrected chi connectivity index (χ2v) is 6.53. The van der Waals surface area contributed by atoms with Crippen LogP contribution in [0.15, 0.2) is 12.2 Å². The van der Waals surface area contributed by atoms with E-state index in [-0.39, 0.29) is 12.2 Å². The summed E-state index contributed by atoms with van der Waals surface area (Å²) in [5.41, 5.74) is 0. The number of halogens is 2. The maximum Gasteiger partial charge on any atom is 0.266 e. The molecule has 0 spiro atoms. The molecule has 0 aromatic rings. The first kappa shape index (κ1) is 16.9. The average Bonchev–Trinajstić information content (AvgIpc) is 2.49. The molecule has 0 aromatic heterocycles. The molecule has 0 bridgehead atoms. The van der Waals surface area contributed by atoms with Crippen molar-refractivity contribution in [3.8, 4) is 0 Å². The largest absolute Gasteiger partial charge is 0.352 e. The third-order valence-corrected chi connectivity index (χ3v) is 4.77. The van der Waals surface area contributed by atoms with E-state index in [1.807, 2.05) is 0 Å². The standard InChI is InChI=1S/C17H28F2O2/c1-2-3-4-5-14-11-20-17(21-12-14)15-8-6-13(7-9-15)10-16(18)19/h10,13-15,17H,2-9,11-12H2,1H3. The van der Waals surface area contributed by atoms with Crippen LogP contribution in [0.5, 0.6) is 0 Å². The zero-order valence-corrected chi connectivity index (χ0v) is 13.0. The van der Waals surface area contributed by atoms with Gasteiger partial charge in [0.15, 0.2) is 6.29 Å². The van der Waals surface area contributed by atoms with E-state index in [0.29, 0.717) is 11.8 Å². The highest BCUT2D eigenvalue weighted by Crippen LogP contribution is 2.35. The molecule has 4 heteroatoms. The fourth-order valence-electron chi connectivity index (χ4n) is 3.44. The molecular weight excluding hydrogens is 274 g/mol. The van der Waals surface area contributed by atoms with Crippen LogP contribution in [0.25, 0.3) is 0 Å². The Morgan fingerprint density at radius 1 is 1.05 bits per heavy atom. The molecule has 122 valence electrons. The molecule has 21 heavy (non-hydrogen) atoms. The number of ether oxygens (including phenoxy) is 2. The normalized spacial score (nSPS) is 33.7. The molecule has 0 atom stereocenters. The maximum absolute atomic E-state index is 12.3. The number of hydrogen-bond acceptors (Lipinski definition) is 2. The van der Waals surface area contributed by atoms with Crippen molar-refractivity contribution < 1.29 is 18.3 Å². The number of allylic oxidation sites excluding steroid dienone is 1. The average molecular weight is 302 g/mol. The van der Waals surface area contributed by atoms with E-state index < -0.39 is 6.08 Å². The van der Waals surface area contributed by atoms with Crippen LogP contribution in [0.1, 0.15) is 58.3 Å². The van der Waals surface area contributed by atoms with E-state index in [4.69, 9.17) is 9.47 Å². The van der Waals surface area contributed by atoms with Crippen LogP contribution >= 0.6 is 0 Å². The van der Waals surface area contributed by atoms with Crippen LogP contribution in [-0.4, -0.2) is 19.5 Å². The number of rotatable bonds is 6. The van der Waals surface area contributed by atoms with Crippen LogP contribution in [0.4, 0.5) is 8.78 Å². The summed E-state index contributed by atoms with van der Waals surface area (Å²) in [5, 5.41) is 0. The van der Waals surface area contributed by atoms with Crippen molar-refractivity contribution in [2.75, 3.05) is 13.2 Å². The summed E-state index contributed by atoms with van der Waals surface area (Å²) in [6.45, 7) is 3.81. The SMILES string of the molecule is CCCCCC1COC(C2CCC(C=C(F)F)CC2)OC1. The predicted octanol–water partition coefficient (Wildman–Crippen LogP) is 5.14. The van der Waals surface area contributed by atoms with Gasteiger partial charge >= 0.3 is 0 Å². The van der Waals surface area contributed by atoms with E-state index in [2.05, 4.69) is 6.92 Å². The summed E-state index contributed by atoms with van der Waals surface area (Å²) in [7, 11) is 0. The minimum Gasteiger partial charge on any atom is -0.352 e. The van der Waals surface area contributed by atoms with Gasteiger partial charge < -0.3 is 9.47 Å². The number of unbranched alkanes of at least 4 members (excludes halogenated alkanes) is 2. The van der Waals surface area contributed by atoms with Gasteiger partial charge in [0.05, 0.1) is 13.2 Å². The van der Waals surface area contributed by atoms with Crippen molar-refractivity contribution in [2.45, 2.75) is 64.6 Å². The molecule has 2 fully saturated rings. The fourth-order valence-corrected chi connectivity index (χ4v) is 3.44. The zero-order valence-electron chi connectivity index (χ0n) is 13.0. The smallest absolute Gasteiger partial charge is 0.266 e.